The summed E-state index contributed by atoms with van der Waals surface area (Å²) in [6.45, 7) is 3.92. The number of carbonyl (C=O) groups excluding carboxylic acids is 1. The number of hydrazine groups is 1. The molecule has 1 aromatic carbocycles. The lowest BCUT2D eigenvalue weighted by Gasteiger charge is -2.11. The number of hydrogen-bond acceptors (Lipinski definition) is 2. The van der Waals surface area contributed by atoms with Crippen LogP contribution in [0.2, 0.25) is 0 Å². The van der Waals surface area contributed by atoms with Crippen molar-refractivity contribution < 1.29 is 4.79 Å². The molecule has 0 bridgehead atoms. The van der Waals surface area contributed by atoms with E-state index < -0.39 is 0 Å². The molecule has 1 unspecified atom stereocenters. The standard InChI is InChI=1S/C11H16N2O/c1-8-4-6-10(7-5-8)9(2)11(14)13-12-3/h4-7,9,12H,1-3H3,(H,13,14). The van der Waals surface area contributed by atoms with Crippen LogP contribution < -0.4 is 10.9 Å². The summed E-state index contributed by atoms with van der Waals surface area (Å²) in [4.78, 5) is 11.5. The molecule has 1 aromatic rings. The van der Waals surface area contributed by atoms with E-state index in [1.807, 2.05) is 38.1 Å². The van der Waals surface area contributed by atoms with Crippen LogP contribution in [0.5, 0.6) is 0 Å². The van der Waals surface area contributed by atoms with Crippen molar-refractivity contribution in [1.29, 1.82) is 0 Å². The summed E-state index contributed by atoms with van der Waals surface area (Å²) in [5.74, 6) is -0.139. The van der Waals surface area contributed by atoms with Gasteiger partial charge in [-0.05, 0) is 19.4 Å². The molecule has 1 amide bonds. The maximum Gasteiger partial charge on any atom is 0.241 e. The molecule has 0 aliphatic rings. The summed E-state index contributed by atoms with van der Waals surface area (Å²) in [7, 11) is 1.68. The maximum absolute atomic E-state index is 11.5. The molecule has 0 fully saturated rings. The highest BCUT2D eigenvalue weighted by Gasteiger charge is 2.13. The molecular weight excluding hydrogens is 176 g/mol. The lowest BCUT2D eigenvalue weighted by molar-refractivity contribution is -0.123. The molecule has 14 heavy (non-hydrogen) atoms. The van der Waals surface area contributed by atoms with E-state index in [1.54, 1.807) is 7.05 Å². The van der Waals surface area contributed by atoms with Gasteiger partial charge in [0.1, 0.15) is 0 Å². The van der Waals surface area contributed by atoms with Gasteiger partial charge >= 0.3 is 0 Å². The first-order chi connectivity index (χ1) is 6.65. The lowest BCUT2D eigenvalue weighted by atomic mass is 10.00. The number of benzene rings is 1. The zero-order valence-corrected chi connectivity index (χ0v) is 8.79. The normalized spacial score (nSPS) is 12.2. The van der Waals surface area contributed by atoms with Gasteiger partial charge in [0.25, 0.3) is 0 Å². The maximum atomic E-state index is 11.5. The van der Waals surface area contributed by atoms with Gasteiger partial charge in [-0.3, -0.25) is 10.2 Å². The Morgan fingerprint density at radius 3 is 2.36 bits per heavy atom. The molecule has 2 N–H and O–H groups in total. The van der Waals surface area contributed by atoms with Gasteiger partial charge in [0.2, 0.25) is 5.91 Å². The molecule has 0 aromatic heterocycles. The Morgan fingerprint density at radius 2 is 1.86 bits per heavy atom. The van der Waals surface area contributed by atoms with Crippen molar-refractivity contribution in [2.24, 2.45) is 0 Å². The summed E-state index contributed by atoms with van der Waals surface area (Å²) in [5.41, 5.74) is 7.43. The highest BCUT2D eigenvalue weighted by atomic mass is 16.2. The van der Waals surface area contributed by atoms with Crippen LogP contribution in [0.4, 0.5) is 0 Å². The van der Waals surface area contributed by atoms with Crippen LogP contribution in [0.15, 0.2) is 24.3 Å². The van der Waals surface area contributed by atoms with Crippen LogP contribution in [0.1, 0.15) is 24.0 Å². The van der Waals surface area contributed by atoms with Crippen molar-refractivity contribution in [2.45, 2.75) is 19.8 Å². The Bertz CT molecular complexity index is 306. The average molecular weight is 192 g/mol. The van der Waals surface area contributed by atoms with Crippen LogP contribution in [0.25, 0.3) is 0 Å². The van der Waals surface area contributed by atoms with Crippen LogP contribution >= 0.6 is 0 Å². The first-order valence-corrected chi connectivity index (χ1v) is 4.68. The van der Waals surface area contributed by atoms with Crippen molar-refractivity contribution >= 4 is 5.91 Å². The van der Waals surface area contributed by atoms with Gasteiger partial charge in [-0.2, -0.15) is 0 Å². The van der Waals surface area contributed by atoms with Gasteiger partial charge in [0, 0.05) is 7.05 Å². The van der Waals surface area contributed by atoms with Gasteiger partial charge in [-0.25, -0.2) is 5.43 Å². The summed E-state index contributed by atoms with van der Waals surface area (Å²) < 4.78 is 0. The molecule has 0 radical (unpaired) electrons. The first kappa shape index (κ1) is 10.7. The predicted molar refractivity (Wildman–Crippen MR) is 56.8 cm³/mol. The van der Waals surface area contributed by atoms with Crippen LogP contribution in [-0.2, 0) is 4.79 Å². The fraction of sp³-hybridized carbons (Fsp3) is 0.364. The largest absolute Gasteiger partial charge is 0.291 e. The van der Waals surface area contributed by atoms with E-state index in [0.717, 1.165) is 5.56 Å². The van der Waals surface area contributed by atoms with E-state index >= 15 is 0 Å². The van der Waals surface area contributed by atoms with Crippen molar-refractivity contribution in [3.05, 3.63) is 35.4 Å². The van der Waals surface area contributed by atoms with Crippen LogP contribution in [-0.4, -0.2) is 13.0 Å². The SMILES string of the molecule is CNNC(=O)C(C)c1ccc(C)cc1. The molecule has 1 rings (SSSR count). The Kier molecular flexibility index (Phi) is 3.65. The molecule has 76 valence electrons. The fourth-order valence-electron chi connectivity index (χ4n) is 1.24. The lowest BCUT2D eigenvalue weighted by Crippen LogP contribution is -2.37. The molecular formula is C11H16N2O. The number of rotatable bonds is 3. The van der Waals surface area contributed by atoms with Gasteiger partial charge in [0.15, 0.2) is 0 Å². The molecule has 3 heteroatoms. The minimum atomic E-state index is -0.122. The summed E-state index contributed by atoms with van der Waals surface area (Å²) in [6, 6.07) is 7.99. The average Bonchev–Trinajstić information content (AvgIpc) is 2.18. The Morgan fingerprint density at radius 1 is 1.29 bits per heavy atom. The number of amides is 1. The zero-order valence-electron chi connectivity index (χ0n) is 8.79. The highest BCUT2D eigenvalue weighted by molar-refractivity contribution is 5.82. The van der Waals surface area contributed by atoms with Gasteiger partial charge in [0.05, 0.1) is 5.92 Å². The molecule has 1 atom stereocenters. The zero-order chi connectivity index (χ0) is 10.6. The summed E-state index contributed by atoms with van der Waals surface area (Å²) >= 11 is 0. The van der Waals surface area contributed by atoms with Gasteiger partial charge < -0.3 is 0 Å². The molecule has 0 aliphatic carbocycles. The third-order valence-electron chi connectivity index (χ3n) is 2.22. The number of carbonyl (C=O) groups is 1. The van der Waals surface area contributed by atoms with E-state index in [2.05, 4.69) is 10.9 Å². The number of nitrogens with one attached hydrogen (secondary N) is 2. The van der Waals surface area contributed by atoms with Gasteiger partial charge in [-0.15, -0.1) is 0 Å². The number of hydrogen-bond donors (Lipinski definition) is 2. The predicted octanol–water partition coefficient (Wildman–Crippen LogP) is 1.35. The van der Waals surface area contributed by atoms with Crippen LogP contribution in [0.3, 0.4) is 0 Å². The third kappa shape index (κ3) is 2.57. The minimum Gasteiger partial charge on any atom is -0.291 e. The summed E-state index contributed by atoms with van der Waals surface area (Å²) in [6.07, 6.45) is 0. The Balaban J connectivity index is 2.73. The summed E-state index contributed by atoms with van der Waals surface area (Å²) in [5, 5.41) is 0. The highest BCUT2D eigenvalue weighted by Crippen LogP contribution is 2.15. The second kappa shape index (κ2) is 4.77. The van der Waals surface area contributed by atoms with Crippen molar-refractivity contribution in [2.75, 3.05) is 7.05 Å². The van der Waals surface area contributed by atoms with E-state index in [0.29, 0.717) is 0 Å². The second-order valence-corrected chi connectivity index (χ2v) is 3.37. The minimum absolute atomic E-state index is 0.0173. The second-order valence-electron chi connectivity index (χ2n) is 3.37. The van der Waals surface area contributed by atoms with Gasteiger partial charge in [-0.1, -0.05) is 29.8 Å². The van der Waals surface area contributed by atoms with E-state index in [9.17, 15) is 4.79 Å². The molecule has 0 saturated carbocycles. The molecule has 0 saturated heterocycles. The Hall–Kier alpha value is -1.35. The van der Waals surface area contributed by atoms with Crippen LogP contribution in [0, 0.1) is 6.92 Å². The van der Waals surface area contributed by atoms with Crippen molar-refractivity contribution in [3.63, 3.8) is 0 Å². The third-order valence-corrected chi connectivity index (χ3v) is 2.22. The quantitative estimate of drug-likeness (QED) is 0.710. The molecule has 3 nitrogen and oxygen atoms in total. The Labute approximate surface area is 84.5 Å². The fourth-order valence-corrected chi connectivity index (χ4v) is 1.24. The molecule has 0 aliphatic heterocycles. The smallest absolute Gasteiger partial charge is 0.241 e. The monoisotopic (exact) mass is 192 g/mol. The van der Waals surface area contributed by atoms with E-state index in [4.69, 9.17) is 0 Å². The van der Waals surface area contributed by atoms with E-state index in [-0.39, 0.29) is 11.8 Å². The van der Waals surface area contributed by atoms with E-state index in [1.165, 1.54) is 5.56 Å². The topological polar surface area (TPSA) is 41.1 Å². The first-order valence-electron chi connectivity index (χ1n) is 4.68. The van der Waals surface area contributed by atoms with Crippen molar-refractivity contribution in [3.8, 4) is 0 Å². The van der Waals surface area contributed by atoms with Crippen molar-refractivity contribution in [1.82, 2.24) is 10.9 Å². The molecule has 0 spiro atoms. The molecule has 0 heterocycles. The number of aryl methyl sites for hydroxylation is 1.